The lowest BCUT2D eigenvalue weighted by molar-refractivity contribution is -0.0164. The number of halogens is 1. The van der Waals surface area contributed by atoms with Gasteiger partial charge in [-0.05, 0) is 54.0 Å². The topological polar surface area (TPSA) is 61.0 Å². The predicted octanol–water partition coefficient (Wildman–Crippen LogP) is 3.44. The molecule has 2 rings (SSSR count). The number of nitrogens with two attached hydrogens (primary N) is 1. The van der Waals surface area contributed by atoms with E-state index in [0.717, 1.165) is 48.1 Å². The molecule has 2 N–H and O–H groups in total. The lowest BCUT2D eigenvalue weighted by Gasteiger charge is -2.26. The monoisotopic (exact) mass is 327 g/mol. The summed E-state index contributed by atoms with van der Waals surface area (Å²) in [6.45, 7) is 4.35. The fourth-order valence-electron chi connectivity index (χ4n) is 2.70. The van der Waals surface area contributed by atoms with E-state index in [1.807, 2.05) is 0 Å². The molecule has 1 aliphatic rings. The normalized spacial score (nSPS) is 18.2. The molecule has 1 aromatic rings. The second-order valence-electron chi connectivity index (χ2n) is 5.70. The Bertz CT molecular complexity index is 456. The molecular weight excluding hydrogens is 306 g/mol. The quantitative estimate of drug-likeness (QED) is 0.920. The van der Waals surface area contributed by atoms with Crippen molar-refractivity contribution in [3.63, 3.8) is 0 Å². The maximum Gasteiger partial charge on any atom is 0.162 e. The van der Waals surface area contributed by atoms with Crippen molar-refractivity contribution >= 4 is 21.7 Å². The summed E-state index contributed by atoms with van der Waals surface area (Å²) in [6.07, 6.45) is 5.16. The zero-order valence-corrected chi connectivity index (χ0v) is 13.5. The first-order valence-corrected chi connectivity index (χ1v) is 7.65. The highest BCUT2D eigenvalue weighted by Crippen LogP contribution is 2.41. The third-order valence-corrected chi connectivity index (χ3v) is 4.62. The molecule has 1 aliphatic carbocycles. The van der Waals surface area contributed by atoms with E-state index < -0.39 is 0 Å². The van der Waals surface area contributed by atoms with Gasteiger partial charge in [-0.2, -0.15) is 0 Å². The maximum absolute atomic E-state index is 6.02. The molecular formula is C14H22BrN3O. The van der Waals surface area contributed by atoms with Gasteiger partial charge in [0, 0.05) is 7.11 Å². The van der Waals surface area contributed by atoms with Gasteiger partial charge in [-0.15, -0.1) is 0 Å². The Kier molecular flexibility index (Phi) is 4.46. The van der Waals surface area contributed by atoms with Crippen LogP contribution in [0.3, 0.4) is 0 Å². The Morgan fingerprint density at radius 2 is 1.95 bits per heavy atom. The SMILES string of the molecule is COC1(c2nc(N)c(Br)c(CC(C)C)n2)CCCC1. The number of aromatic nitrogens is 2. The Morgan fingerprint density at radius 1 is 1.32 bits per heavy atom. The number of rotatable bonds is 4. The summed E-state index contributed by atoms with van der Waals surface area (Å²) < 4.78 is 6.57. The van der Waals surface area contributed by atoms with E-state index in [4.69, 9.17) is 15.5 Å². The molecule has 0 aromatic carbocycles. The number of hydrogen-bond acceptors (Lipinski definition) is 4. The van der Waals surface area contributed by atoms with Crippen molar-refractivity contribution in [1.29, 1.82) is 0 Å². The molecule has 5 heteroatoms. The van der Waals surface area contributed by atoms with Gasteiger partial charge in [0.2, 0.25) is 0 Å². The third-order valence-electron chi connectivity index (χ3n) is 3.76. The smallest absolute Gasteiger partial charge is 0.162 e. The van der Waals surface area contributed by atoms with Crippen LogP contribution in [0, 0.1) is 5.92 Å². The van der Waals surface area contributed by atoms with Gasteiger partial charge in [0.1, 0.15) is 11.4 Å². The van der Waals surface area contributed by atoms with E-state index in [9.17, 15) is 0 Å². The van der Waals surface area contributed by atoms with Crippen LogP contribution in [0.4, 0.5) is 5.82 Å². The third kappa shape index (κ3) is 2.92. The fourth-order valence-corrected chi connectivity index (χ4v) is 3.04. The zero-order chi connectivity index (χ0) is 14.0. The van der Waals surface area contributed by atoms with Crippen LogP contribution in [0.5, 0.6) is 0 Å². The molecule has 1 fully saturated rings. The number of nitrogens with zero attached hydrogens (tertiary/aromatic N) is 2. The molecule has 4 nitrogen and oxygen atoms in total. The molecule has 0 radical (unpaired) electrons. The molecule has 0 aliphatic heterocycles. The van der Waals surface area contributed by atoms with Gasteiger partial charge in [0.05, 0.1) is 10.2 Å². The van der Waals surface area contributed by atoms with Crippen molar-refractivity contribution in [3.05, 3.63) is 16.0 Å². The van der Waals surface area contributed by atoms with Crippen LogP contribution in [0.25, 0.3) is 0 Å². The summed E-state index contributed by atoms with van der Waals surface area (Å²) in [5.41, 5.74) is 6.68. The minimum Gasteiger partial charge on any atom is -0.383 e. The maximum atomic E-state index is 6.02. The molecule has 1 saturated carbocycles. The second-order valence-corrected chi connectivity index (χ2v) is 6.49. The largest absolute Gasteiger partial charge is 0.383 e. The summed E-state index contributed by atoms with van der Waals surface area (Å²) in [4.78, 5) is 9.20. The Labute approximate surface area is 123 Å². The van der Waals surface area contributed by atoms with Crippen LogP contribution in [0.2, 0.25) is 0 Å². The molecule has 0 bridgehead atoms. The summed E-state index contributed by atoms with van der Waals surface area (Å²) in [5, 5.41) is 0. The van der Waals surface area contributed by atoms with Gasteiger partial charge < -0.3 is 10.5 Å². The highest BCUT2D eigenvalue weighted by Gasteiger charge is 2.39. The second kappa shape index (κ2) is 5.75. The van der Waals surface area contributed by atoms with Gasteiger partial charge in [-0.25, -0.2) is 9.97 Å². The van der Waals surface area contributed by atoms with Crippen molar-refractivity contribution in [2.24, 2.45) is 5.92 Å². The highest BCUT2D eigenvalue weighted by molar-refractivity contribution is 9.10. The van der Waals surface area contributed by atoms with E-state index in [1.54, 1.807) is 7.11 Å². The first-order chi connectivity index (χ1) is 8.98. The van der Waals surface area contributed by atoms with E-state index in [2.05, 4.69) is 34.8 Å². The minimum absolute atomic E-state index is 0.333. The number of nitrogen functional groups attached to an aromatic ring is 1. The molecule has 1 aromatic heterocycles. The van der Waals surface area contributed by atoms with Crippen LogP contribution in [0.1, 0.15) is 51.0 Å². The van der Waals surface area contributed by atoms with E-state index in [0.29, 0.717) is 11.7 Å². The Morgan fingerprint density at radius 3 is 2.47 bits per heavy atom. The molecule has 106 valence electrons. The summed E-state index contributed by atoms with van der Waals surface area (Å²) in [7, 11) is 1.75. The standard InChI is InChI=1S/C14H22BrN3O/c1-9(2)8-10-11(15)12(16)18-13(17-10)14(19-3)6-4-5-7-14/h9H,4-8H2,1-3H3,(H2,16,17,18). The average Bonchev–Trinajstić information content (AvgIpc) is 2.84. The lowest BCUT2D eigenvalue weighted by Crippen LogP contribution is -2.28. The predicted molar refractivity (Wildman–Crippen MR) is 79.8 cm³/mol. The average molecular weight is 328 g/mol. The molecule has 0 saturated heterocycles. The Balaban J connectivity index is 2.43. The van der Waals surface area contributed by atoms with Crippen molar-refractivity contribution < 1.29 is 4.74 Å². The first-order valence-electron chi connectivity index (χ1n) is 6.86. The van der Waals surface area contributed by atoms with Gasteiger partial charge >= 0.3 is 0 Å². The summed E-state index contributed by atoms with van der Waals surface area (Å²) in [6, 6.07) is 0. The van der Waals surface area contributed by atoms with Crippen LogP contribution in [0.15, 0.2) is 4.47 Å². The molecule has 1 heterocycles. The Hall–Kier alpha value is -0.680. The van der Waals surface area contributed by atoms with Crippen molar-refractivity contribution in [3.8, 4) is 0 Å². The van der Waals surface area contributed by atoms with Gasteiger partial charge in [0.25, 0.3) is 0 Å². The highest BCUT2D eigenvalue weighted by atomic mass is 79.9. The lowest BCUT2D eigenvalue weighted by atomic mass is 10.00. The zero-order valence-electron chi connectivity index (χ0n) is 11.9. The van der Waals surface area contributed by atoms with Crippen molar-refractivity contribution in [2.75, 3.05) is 12.8 Å². The van der Waals surface area contributed by atoms with Crippen LogP contribution in [-0.4, -0.2) is 17.1 Å². The number of hydrogen-bond donors (Lipinski definition) is 1. The molecule has 0 atom stereocenters. The molecule has 0 amide bonds. The van der Waals surface area contributed by atoms with Gasteiger partial charge in [-0.1, -0.05) is 13.8 Å². The van der Waals surface area contributed by atoms with Crippen LogP contribution >= 0.6 is 15.9 Å². The minimum atomic E-state index is -0.333. The molecule has 0 unspecified atom stereocenters. The van der Waals surface area contributed by atoms with Crippen LogP contribution < -0.4 is 5.73 Å². The first kappa shape index (κ1) is 14.7. The van der Waals surface area contributed by atoms with Gasteiger partial charge in [0.15, 0.2) is 5.82 Å². The number of methoxy groups -OCH3 is 1. The van der Waals surface area contributed by atoms with E-state index in [-0.39, 0.29) is 5.60 Å². The molecule has 0 spiro atoms. The van der Waals surface area contributed by atoms with Crippen molar-refractivity contribution in [1.82, 2.24) is 9.97 Å². The van der Waals surface area contributed by atoms with Crippen molar-refractivity contribution in [2.45, 2.75) is 51.6 Å². The van der Waals surface area contributed by atoms with Gasteiger partial charge in [-0.3, -0.25) is 0 Å². The number of anilines is 1. The fraction of sp³-hybridized carbons (Fsp3) is 0.714. The number of ether oxygens (including phenoxy) is 1. The van der Waals surface area contributed by atoms with E-state index >= 15 is 0 Å². The van der Waals surface area contributed by atoms with Crippen LogP contribution in [-0.2, 0) is 16.8 Å². The van der Waals surface area contributed by atoms with E-state index in [1.165, 1.54) is 0 Å². The summed E-state index contributed by atoms with van der Waals surface area (Å²) >= 11 is 3.50. The summed E-state index contributed by atoms with van der Waals surface area (Å²) in [5.74, 6) is 1.80. The molecule has 19 heavy (non-hydrogen) atoms.